The molecule has 4 N–H and O–H groups in total. The van der Waals surface area contributed by atoms with Gasteiger partial charge in [-0.1, -0.05) is 6.92 Å². The Balaban J connectivity index is 1.75. The molecule has 2 amide bonds. The number of anilines is 2. The Labute approximate surface area is 155 Å². The Morgan fingerprint density at radius 3 is 2.85 bits per heavy atom. The van der Waals surface area contributed by atoms with Crippen molar-refractivity contribution in [3.05, 3.63) is 17.3 Å². The Morgan fingerprint density at radius 1 is 1.41 bits per heavy atom. The second-order valence-corrected chi connectivity index (χ2v) is 6.78. The van der Waals surface area contributed by atoms with Crippen molar-refractivity contribution in [2.24, 2.45) is 0 Å². The van der Waals surface area contributed by atoms with E-state index >= 15 is 0 Å². The summed E-state index contributed by atoms with van der Waals surface area (Å²) in [6.45, 7) is 1.93. The van der Waals surface area contributed by atoms with Crippen molar-refractivity contribution in [2.75, 3.05) is 17.2 Å². The number of imide groups is 1. The first-order valence-electron chi connectivity index (χ1n) is 9.01. The average Bonchev–Trinajstić information content (AvgIpc) is 3.28. The number of aliphatic hydroxyl groups is 1. The highest BCUT2D eigenvalue weighted by atomic mass is 16.3. The third-order valence-corrected chi connectivity index (χ3v) is 4.58. The van der Waals surface area contributed by atoms with E-state index in [0.29, 0.717) is 34.7 Å². The summed E-state index contributed by atoms with van der Waals surface area (Å²) in [5.41, 5.74) is 1.51. The van der Waals surface area contributed by atoms with Crippen LogP contribution in [0.5, 0.6) is 0 Å². The van der Waals surface area contributed by atoms with Crippen molar-refractivity contribution in [3.63, 3.8) is 0 Å². The molecule has 0 unspecified atom stereocenters. The van der Waals surface area contributed by atoms with Gasteiger partial charge in [0.05, 0.1) is 25.3 Å². The molecule has 4 rings (SSSR count). The molecule has 2 fully saturated rings. The summed E-state index contributed by atoms with van der Waals surface area (Å²) in [6.07, 6.45) is 6.13. The van der Waals surface area contributed by atoms with Gasteiger partial charge in [-0.05, 0) is 25.3 Å². The molecule has 1 aliphatic heterocycles. The van der Waals surface area contributed by atoms with Crippen molar-refractivity contribution in [2.45, 2.75) is 44.7 Å². The highest BCUT2D eigenvalue weighted by molar-refractivity contribution is 6.15. The van der Waals surface area contributed by atoms with Gasteiger partial charge in [-0.3, -0.25) is 14.9 Å². The summed E-state index contributed by atoms with van der Waals surface area (Å²) < 4.78 is 1.59. The van der Waals surface area contributed by atoms with Crippen molar-refractivity contribution in [3.8, 4) is 0 Å². The molecular formula is C17H21N7O3. The Morgan fingerprint density at radius 2 is 2.22 bits per heavy atom. The largest absolute Gasteiger partial charge is 0.394 e. The van der Waals surface area contributed by atoms with Crippen molar-refractivity contribution >= 4 is 35.4 Å². The molecule has 0 spiro atoms. The minimum absolute atomic E-state index is 0.0329. The smallest absolute Gasteiger partial charge is 0.254 e. The van der Waals surface area contributed by atoms with Gasteiger partial charge in [0.2, 0.25) is 17.8 Å². The van der Waals surface area contributed by atoms with Gasteiger partial charge in [-0.15, -0.1) is 0 Å². The summed E-state index contributed by atoms with van der Waals surface area (Å²) >= 11 is 0. The van der Waals surface area contributed by atoms with Gasteiger partial charge >= 0.3 is 0 Å². The lowest BCUT2D eigenvalue weighted by atomic mass is 10.1. The fraction of sp³-hybridized carbons (Fsp3) is 0.471. The maximum absolute atomic E-state index is 11.8. The Bertz CT molecular complexity index is 928. The zero-order valence-electron chi connectivity index (χ0n) is 14.9. The number of amides is 2. The molecule has 1 saturated heterocycles. The number of aromatic nitrogens is 4. The van der Waals surface area contributed by atoms with Crippen LogP contribution in [0.1, 0.15) is 38.2 Å². The first kappa shape index (κ1) is 17.4. The minimum Gasteiger partial charge on any atom is -0.394 e. The number of aliphatic hydroxyl groups excluding tert-OH is 1. The van der Waals surface area contributed by atoms with E-state index in [1.54, 1.807) is 16.8 Å². The molecule has 2 aromatic rings. The van der Waals surface area contributed by atoms with Crippen LogP contribution in [0.4, 0.5) is 11.9 Å². The van der Waals surface area contributed by atoms with Crippen LogP contribution in [-0.2, 0) is 9.59 Å². The highest BCUT2D eigenvalue weighted by Crippen LogP contribution is 2.26. The SMILES string of the molecule is CC[C@@H](CO)Nc1nc(NC2CC2)n2ncc(/C=C3\CC(=O)NC3=O)c2n1. The summed E-state index contributed by atoms with van der Waals surface area (Å²) in [5.74, 6) is 0.215. The van der Waals surface area contributed by atoms with Crippen LogP contribution in [-0.4, -0.2) is 55.2 Å². The number of nitrogens with zero attached hydrogens (tertiary/aromatic N) is 4. The van der Waals surface area contributed by atoms with Crippen LogP contribution in [0.3, 0.4) is 0 Å². The monoisotopic (exact) mass is 371 g/mol. The molecule has 1 saturated carbocycles. The first-order valence-corrected chi connectivity index (χ1v) is 9.01. The predicted octanol–water partition coefficient (Wildman–Crippen LogP) is 0.311. The van der Waals surface area contributed by atoms with Gasteiger partial charge in [-0.2, -0.15) is 19.6 Å². The van der Waals surface area contributed by atoms with Crippen LogP contribution in [0.25, 0.3) is 11.7 Å². The summed E-state index contributed by atoms with van der Waals surface area (Å²) in [4.78, 5) is 32.3. The summed E-state index contributed by atoms with van der Waals surface area (Å²) in [7, 11) is 0. The maximum Gasteiger partial charge on any atom is 0.254 e. The summed E-state index contributed by atoms with van der Waals surface area (Å²) in [5, 5.41) is 22.5. The Kier molecular flexibility index (Phi) is 4.48. The minimum atomic E-state index is -0.394. The molecule has 0 radical (unpaired) electrons. The van der Waals surface area contributed by atoms with Gasteiger partial charge in [0, 0.05) is 17.2 Å². The number of carbonyl (C=O) groups excluding carboxylic acids is 2. The zero-order valence-corrected chi connectivity index (χ0v) is 14.9. The van der Waals surface area contributed by atoms with E-state index in [-0.39, 0.29) is 25.0 Å². The molecule has 1 atom stereocenters. The molecule has 0 bridgehead atoms. The fourth-order valence-electron chi connectivity index (χ4n) is 2.83. The van der Waals surface area contributed by atoms with Crippen molar-refractivity contribution < 1.29 is 14.7 Å². The quantitative estimate of drug-likeness (QED) is 0.404. The second-order valence-electron chi connectivity index (χ2n) is 6.78. The van der Waals surface area contributed by atoms with E-state index < -0.39 is 5.91 Å². The third-order valence-electron chi connectivity index (χ3n) is 4.58. The van der Waals surface area contributed by atoms with E-state index in [2.05, 4.69) is 31.0 Å². The van der Waals surface area contributed by atoms with E-state index in [1.165, 1.54) is 0 Å². The number of rotatable bonds is 7. The molecule has 2 aliphatic rings. The standard InChI is InChI=1S/C17H21N7O3/c1-2-11(8-25)19-16-22-14-10(5-9-6-13(26)21-15(9)27)7-18-24(14)17(23-16)20-12-3-4-12/h5,7,11-12,25H,2-4,6,8H2,1H3,(H,21,26,27)(H2,19,20,22,23)/b9-5+/t11-/m0/s1. The average molecular weight is 371 g/mol. The molecule has 3 heterocycles. The van der Waals surface area contributed by atoms with Gasteiger partial charge in [0.25, 0.3) is 5.91 Å². The van der Waals surface area contributed by atoms with Crippen LogP contribution in [0, 0.1) is 0 Å². The van der Waals surface area contributed by atoms with Gasteiger partial charge in [-0.25, -0.2) is 0 Å². The number of carbonyl (C=O) groups is 2. The molecule has 142 valence electrons. The van der Waals surface area contributed by atoms with Crippen LogP contribution in [0.15, 0.2) is 11.8 Å². The van der Waals surface area contributed by atoms with Crippen LogP contribution >= 0.6 is 0 Å². The summed E-state index contributed by atoms with van der Waals surface area (Å²) in [6, 6.07) is 0.198. The third kappa shape index (κ3) is 3.61. The lowest BCUT2D eigenvalue weighted by Gasteiger charge is -2.15. The van der Waals surface area contributed by atoms with Gasteiger partial charge in [0.1, 0.15) is 0 Å². The number of fused-ring (bicyclic) bond motifs is 1. The van der Waals surface area contributed by atoms with Crippen LogP contribution < -0.4 is 16.0 Å². The molecule has 10 heteroatoms. The van der Waals surface area contributed by atoms with E-state index in [4.69, 9.17) is 0 Å². The topological polar surface area (TPSA) is 134 Å². The van der Waals surface area contributed by atoms with Crippen molar-refractivity contribution in [1.29, 1.82) is 0 Å². The number of hydrogen-bond donors (Lipinski definition) is 4. The number of hydrogen-bond acceptors (Lipinski definition) is 8. The molecule has 0 aromatic carbocycles. The van der Waals surface area contributed by atoms with E-state index in [9.17, 15) is 14.7 Å². The lowest BCUT2D eigenvalue weighted by Crippen LogP contribution is -2.24. The second kappa shape index (κ2) is 6.95. The maximum atomic E-state index is 11.8. The van der Waals surface area contributed by atoms with E-state index in [1.807, 2.05) is 6.92 Å². The van der Waals surface area contributed by atoms with E-state index in [0.717, 1.165) is 19.3 Å². The number of nitrogens with one attached hydrogen (secondary N) is 3. The highest BCUT2D eigenvalue weighted by Gasteiger charge is 2.26. The lowest BCUT2D eigenvalue weighted by molar-refractivity contribution is -0.124. The van der Waals surface area contributed by atoms with Crippen molar-refractivity contribution in [1.82, 2.24) is 24.9 Å². The molecule has 2 aromatic heterocycles. The van der Waals surface area contributed by atoms with Gasteiger partial charge in [0.15, 0.2) is 5.65 Å². The predicted molar refractivity (Wildman–Crippen MR) is 98.0 cm³/mol. The van der Waals surface area contributed by atoms with Gasteiger partial charge < -0.3 is 15.7 Å². The fourth-order valence-corrected chi connectivity index (χ4v) is 2.83. The Hall–Kier alpha value is -3.01. The first-order chi connectivity index (χ1) is 13.1. The van der Waals surface area contributed by atoms with Crippen LogP contribution in [0.2, 0.25) is 0 Å². The molecule has 27 heavy (non-hydrogen) atoms. The molecule has 1 aliphatic carbocycles. The molecule has 10 nitrogen and oxygen atoms in total. The molecular weight excluding hydrogens is 350 g/mol. The normalized spacial score (nSPS) is 19.6. The zero-order chi connectivity index (χ0) is 19.0.